The standard InChI is InChI=1S/C12H10.2CH3O.Ti/c1-3-7-11(8-4-1)12-9-5-2-6-10-12;2*1-2;/h1-10H;2*1H3;/q;2*-1;+2. The number of hydrogen-bond donors (Lipinski definition) is 0. The number of rotatable bonds is 3. The maximum Gasteiger partial charge on any atom is -0.0184 e. The summed E-state index contributed by atoms with van der Waals surface area (Å²) in [6.45, 7) is 0. The van der Waals surface area contributed by atoms with Crippen LogP contribution in [0.1, 0.15) is 0 Å². The Kier molecular flexibility index (Phi) is 7.60. The van der Waals surface area contributed by atoms with Gasteiger partial charge in [0.1, 0.15) is 0 Å². The van der Waals surface area contributed by atoms with Crippen LogP contribution < -0.4 is 0 Å². The minimum atomic E-state index is -0.472. The predicted molar refractivity (Wildman–Crippen MR) is 65.9 cm³/mol. The van der Waals surface area contributed by atoms with E-state index in [-0.39, 0.29) is 0 Å². The van der Waals surface area contributed by atoms with Gasteiger partial charge in [-0.25, -0.2) is 0 Å². The van der Waals surface area contributed by atoms with Crippen LogP contribution in [-0.2, 0) is 26.6 Å². The average Bonchev–Trinajstić information content (AvgIpc) is 2.42. The fourth-order valence-electron chi connectivity index (χ4n) is 1.34. The first-order chi connectivity index (χ1) is 8.38. The molecule has 17 heavy (non-hydrogen) atoms. The van der Waals surface area contributed by atoms with Gasteiger partial charge >= 0.3 is 40.8 Å². The van der Waals surface area contributed by atoms with E-state index in [1.54, 1.807) is 14.2 Å². The van der Waals surface area contributed by atoms with E-state index in [0.29, 0.717) is 0 Å². The predicted octanol–water partition coefficient (Wildman–Crippen LogP) is 3.55. The van der Waals surface area contributed by atoms with Gasteiger partial charge in [0.15, 0.2) is 0 Å². The van der Waals surface area contributed by atoms with Crippen LogP contribution in [0.3, 0.4) is 0 Å². The monoisotopic (exact) mass is 264 g/mol. The Hall–Kier alpha value is -0.926. The molecule has 0 aliphatic rings. The van der Waals surface area contributed by atoms with Gasteiger partial charge in [-0.2, -0.15) is 0 Å². The Bertz CT molecular complexity index is 350. The molecule has 3 heteroatoms. The normalized spacial score (nSPS) is 9.06. The van der Waals surface area contributed by atoms with Crippen molar-refractivity contribution in [3.05, 3.63) is 60.7 Å². The molecule has 0 spiro atoms. The second kappa shape index (κ2) is 9.14. The van der Waals surface area contributed by atoms with Gasteiger partial charge in [0.25, 0.3) is 0 Å². The third kappa shape index (κ3) is 5.80. The maximum atomic E-state index is 4.59. The molecular formula is C14H16O2Ti. The van der Waals surface area contributed by atoms with E-state index in [0.717, 1.165) is 0 Å². The topological polar surface area (TPSA) is 18.5 Å². The van der Waals surface area contributed by atoms with Crippen molar-refractivity contribution >= 4 is 0 Å². The summed E-state index contributed by atoms with van der Waals surface area (Å²) in [5.41, 5.74) is 2.55. The zero-order valence-corrected chi connectivity index (χ0v) is 11.7. The van der Waals surface area contributed by atoms with Gasteiger partial charge in [-0.3, -0.25) is 0 Å². The molecule has 0 aliphatic carbocycles. The van der Waals surface area contributed by atoms with Crippen LogP contribution >= 0.6 is 0 Å². The zero-order valence-electron chi connectivity index (χ0n) is 10.1. The largest absolute Gasteiger partial charge is 0.0622 e. The second-order valence-electron chi connectivity index (χ2n) is 3.22. The molecule has 0 aliphatic heterocycles. The molecule has 0 bridgehead atoms. The molecule has 2 rings (SSSR count). The van der Waals surface area contributed by atoms with Crippen molar-refractivity contribution in [2.75, 3.05) is 14.2 Å². The molecular weight excluding hydrogens is 248 g/mol. The molecule has 0 radical (unpaired) electrons. The zero-order chi connectivity index (χ0) is 12.3. The van der Waals surface area contributed by atoms with Crippen LogP contribution in [0.2, 0.25) is 0 Å². The Morgan fingerprint density at radius 3 is 1.24 bits per heavy atom. The van der Waals surface area contributed by atoms with Crippen LogP contribution in [0.5, 0.6) is 0 Å². The first-order valence-corrected chi connectivity index (χ1v) is 6.57. The quantitative estimate of drug-likeness (QED) is 0.789. The summed E-state index contributed by atoms with van der Waals surface area (Å²) in [6.07, 6.45) is 0. The van der Waals surface area contributed by atoms with Crippen molar-refractivity contribution in [3.63, 3.8) is 0 Å². The SMILES string of the molecule is C[O][Ti][O]C.c1ccc(-c2ccccc2)cc1. The molecule has 0 saturated carbocycles. The van der Waals surface area contributed by atoms with Crippen LogP contribution in [0, 0.1) is 0 Å². The molecule has 0 amide bonds. The summed E-state index contributed by atoms with van der Waals surface area (Å²) in [6, 6.07) is 20.8. The van der Waals surface area contributed by atoms with E-state index in [4.69, 9.17) is 0 Å². The van der Waals surface area contributed by atoms with E-state index < -0.39 is 19.9 Å². The summed E-state index contributed by atoms with van der Waals surface area (Å²) < 4.78 is 9.19. The van der Waals surface area contributed by atoms with Crippen molar-refractivity contribution in [2.24, 2.45) is 0 Å². The molecule has 0 fully saturated rings. The summed E-state index contributed by atoms with van der Waals surface area (Å²) in [5.74, 6) is 0. The fraction of sp³-hybridized carbons (Fsp3) is 0.143. The first kappa shape index (κ1) is 14.1. The summed E-state index contributed by atoms with van der Waals surface area (Å²) in [4.78, 5) is 0. The van der Waals surface area contributed by atoms with E-state index in [1.807, 2.05) is 12.1 Å². The minimum Gasteiger partial charge on any atom is -0.0622 e. The van der Waals surface area contributed by atoms with Gasteiger partial charge in [-0.1, -0.05) is 60.7 Å². The van der Waals surface area contributed by atoms with E-state index in [9.17, 15) is 0 Å². The van der Waals surface area contributed by atoms with Gasteiger partial charge in [0.05, 0.1) is 0 Å². The molecule has 2 nitrogen and oxygen atoms in total. The van der Waals surface area contributed by atoms with Gasteiger partial charge in [-0.05, 0) is 11.1 Å². The van der Waals surface area contributed by atoms with Crippen LogP contribution in [-0.4, -0.2) is 14.2 Å². The molecule has 0 saturated heterocycles. The van der Waals surface area contributed by atoms with Gasteiger partial charge in [-0.15, -0.1) is 0 Å². The molecule has 0 atom stereocenters. The molecule has 2 aromatic carbocycles. The van der Waals surface area contributed by atoms with Gasteiger partial charge < -0.3 is 0 Å². The smallest absolute Gasteiger partial charge is 0.0184 e. The summed E-state index contributed by atoms with van der Waals surface area (Å²) in [5, 5.41) is 0. The Labute approximate surface area is 112 Å². The molecule has 2 aromatic rings. The van der Waals surface area contributed by atoms with Crippen molar-refractivity contribution in [1.82, 2.24) is 0 Å². The Morgan fingerprint density at radius 2 is 1.00 bits per heavy atom. The van der Waals surface area contributed by atoms with Crippen LogP contribution in [0.25, 0.3) is 11.1 Å². The van der Waals surface area contributed by atoms with E-state index in [2.05, 4.69) is 55.2 Å². The van der Waals surface area contributed by atoms with Crippen molar-refractivity contribution < 1.29 is 26.6 Å². The van der Waals surface area contributed by atoms with Crippen LogP contribution in [0.15, 0.2) is 60.7 Å². The van der Waals surface area contributed by atoms with Crippen molar-refractivity contribution in [2.45, 2.75) is 0 Å². The third-order valence-corrected chi connectivity index (χ3v) is 2.57. The van der Waals surface area contributed by atoms with Crippen molar-refractivity contribution in [1.29, 1.82) is 0 Å². The fourth-order valence-corrected chi connectivity index (χ4v) is 1.60. The molecule has 88 valence electrons. The first-order valence-electron chi connectivity index (χ1n) is 5.30. The van der Waals surface area contributed by atoms with Crippen molar-refractivity contribution in [3.8, 4) is 11.1 Å². The third-order valence-electron chi connectivity index (χ3n) is 2.05. The van der Waals surface area contributed by atoms with Gasteiger partial charge in [0.2, 0.25) is 0 Å². The summed E-state index contributed by atoms with van der Waals surface area (Å²) >= 11 is -0.472. The molecule has 0 aromatic heterocycles. The van der Waals surface area contributed by atoms with Crippen LogP contribution in [0.4, 0.5) is 0 Å². The minimum absolute atomic E-state index is 0.472. The van der Waals surface area contributed by atoms with E-state index in [1.165, 1.54) is 11.1 Å². The maximum absolute atomic E-state index is 4.59. The Balaban J connectivity index is 0.000000249. The number of benzene rings is 2. The Morgan fingerprint density at radius 1 is 0.647 bits per heavy atom. The molecule has 0 heterocycles. The average molecular weight is 264 g/mol. The van der Waals surface area contributed by atoms with Gasteiger partial charge in [0, 0.05) is 0 Å². The van der Waals surface area contributed by atoms with E-state index >= 15 is 0 Å². The summed E-state index contributed by atoms with van der Waals surface area (Å²) in [7, 11) is 3.28. The molecule has 0 unspecified atom stereocenters. The number of hydrogen-bond acceptors (Lipinski definition) is 2. The molecule has 0 N–H and O–H groups in total. The second-order valence-corrected chi connectivity index (χ2v) is 4.76.